The molecular formula is C29H45N3O5. The van der Waals surface area contributed by atoms with Crippen LogP contribution >= 0.6 is 0 Å². The molecule has 0 saturated heterocycles. The maximum atomic E-state index is 13.8. The van der Waals surface area contributed by atoms with Crippen molar-refractivity contribution in [2.24, 2.45) is 0 Å². The van der Waals surface area contributed by atoms with E-state index in [2.05, 4.69) is 23.5 Å². The number of aliphatic hydroxyl groups excluding tert-OH is 1. The molecule has 206 valence electrons. The number of carbonyl (C=O) groups is 3. The number of carbonyl (C=O) groups excluding carboxylic acids is 3. The fraction of sp³-hybridized carbons (Fsp3) is 0.621. The summed E-state index contributed by atoms with van der Waals surface area (Å²) in [4.78, 5) is 41.2. The third kappa shape index (κ3) is 11.7. The fourth-order valence-electron chi connectivity index (χ4n) is 3.76. The van der Waals surface area contributed by atoms with E-state index in [1.54, 1.807) is 45.0 Å². The average Bonchev–Trinajstić information content (AvgIpc) is 2.79. The molecule has 1 rings (SSSR count). The first-order chi connectivity index (χ1) is 17.2. The molecule has 0 aliphatic rings. The lowest BCUT2D eigenvalue weighted by atomic mass is 9.99. The Morgan fingerprint density at radius 2 is 1.62 bits per heavy atom. The smallest absolute Gasteiger partial charge is 0.408 e. The second-order valence-corrected chi connectivity index (χ2v) is 11.2. The van der Waals surface area contributed by atoms with Crippen LogP contribution < -0.4 is 10.6 Å². The van der Waals surface area contributed by atoms with Crippen LogP contribution in [0, 0.1) is 12.3 Å². The summed E-state index contributed by atoms with van der Waals surface area (Å²) >= 11 is 0. The van der Waals surface area contributed by atoms with Crippen molar-refractivity contribution in [1.29, 1.82) is 0 Å². The lowest BCUT2D eigenvalue weighted by molar-refractivity contribution is -0.144. The number of hydrogen-bond donors (Lipinski definition) is 3. The van der Waals surface area contributed by atoms with Crippen molar-refractivity contribution in [3.8, 4) is 12.3 Å². The summed E-state index contributed by atoms with van der Waals surface area (Å²) in [5.74, 6) is 1.62. The van der Waals surface area contributed by atoms with Crippen molar-refractivity contribution >= 4 is 17.9 Å². The Labute approximate surface area is 222 Å². The molecule has 3 amide bonds. The van der Waals surface area contributed by atoms with Gasteiger partial charge in [-0.1, -0.05) is 50.7 Å². The zero-order valence-corrected chi connectivity index (χ0v) is 23.5. The van der Waals surface area contributed by atoms with Gasteiger partial charge in [0.05, 0.1) is 6.61 Å². The van der Waals surface area contributed by atoms with E-state index in [0.717, 1.165) is 25.7 Å². The second-order valence-electron chi connectivity index (χ2n) is 11.2. The van der Waals surface area contributed by atoms with Crippen LogP contribution in [0.3, 0.4) is 0 Å². The number of alkyl carbamates (subject to hydrolysis) is 1. The molecular weight excluding hydrogens is 470 g/mol. The Morgan fingerprint density at radius 1 is 1.03 bits per heavy atom. The summed E-state index contributed by atoms with van der Waals surface area (Å²) in [6.45, 7) is 12.5. The van der Waals surface area contributed by atoms with Crippen LogP contribution in [0.5, 0.6) is 0 Å². The van der Waals surface area contributed by atoms with Crippen molar-refractivity contribution in [2.45, 2.75) is 104 Å². The number of nitrogens with zero attached hydrogens (tertiary/aromatic N) is 1. The van der Waals surface area contributed by atoms with Crippen LogP contribution in [0.1, 0.15) is 97.7 Å². The topological polar surface area (TPSA) is 108 Å². The number of terminal acetylenes is 1. The van der Waals surface area contributed by atoms with Crippen LogP contribution in [0.15, 0.2) is 24.3 Å². The predicted octanol–water partition coefficient (Wildman–Crippen LogP) is 4.31. The quantitative estimate of drug-likeness (QED) is 0.284. The average molecular weight is 516 g/mol. The first-order valence-electron chi connectivity index (χ1n) is 13.0. The highest BCUT2D eigenvalue weighted by Gasteiger charge is 2.36. The first kappa shape index (κ1) is 32.0. The third-order valence-electron chi connectivity index (χ3n) is 5.41. The van der Waals surface area contributed by atoms with Crippen molar-refractivity contribution < 1.29 is 24.2 Å². The zero-order valence-electron chi connectivity index (χ0n) is 23.5. The van der Waals surface area contributed by atoms with Gasteiger partial charge in [-0.25, -0.2) is 4.79 Å². The molecule has 0 heterocycles. The molecule has 3 N–H and O–H groups in total. The van der Waals surface area contributed by atoms with Gasteiger partial charge in [-0.05, 0) is 65.7 Å². The van der Waals surface area contributed by atoms with Gasteiger partial charge in [-0.3, -0.25) is 9.59 Å². The standard InChI is InChI=1S/C29H45N3O5/c1-9-11-12-13-14-19-32(26(35)23(20-33)30-27(36)37-29(6,7)8)24(25(34)31-28(3,4)5)22-17-15-21(10-2)16-18-22/h2,15-18,23-24,33H,9,11-14,19-20H2,1,3-8H3,(H,30,36)(H,31,34). The van der Waals surface area contributed by atoms with E-state index in [-0.39, 0.29) is 12.5 Å². The molecule has 2 unspecified atom stereocenters. The molecule has 0 fully saturated rings. The molecule has 1 aromatic rings. The Balaban J connectivity index is 3.42. The van der Waals surface area contributed by atoms with E-state index in [9.17, 15) is 19.5 Å². The lowest BCUT2D eigenvalue weighted by Crippen LogP contribution is -2.55. The first-order valence-corrected chi connectivity index (χ1v) is 13.0. The Kier molecular flexibility index (Phi) is 12.6. The number of benzene rings is 1. The summed E-state index contributed by atoms with van der Waals surface area (Å²) < 4.78 is 5.28. The van der Waals surface area contributed by atoms with Gasteiger partial charge in [0.2, 0.25) is 11.8 Å². The maximum absolute atomic E-state index is 13.8. The van der Waals surface area contributed by atoms with Gasteiger partial charge < -0.3 is 25.4 Å². The number of amides is 3. The molecule has 1 aromatic carbocycles. The van der Waals surface area contributed by atoms with Gasteiger partial charge in [-0.15, -0.1) is 6.42 Å². The Morgan fingerprint density at radius 3 is 2.11 bits per heavy atom. The van der Waals surface area contributed by atoms with E-state index < -0.39 is 41.8 Å². The minimum absolute atomic E-state index is 0.272. The van der Waals surface area contributed by atoms with Gasteiger partial charge in [0.25, 0.3) is 0 Å². The summed E-state index contributed by atoms with van der Waals surface area (Å²) in [6, 6.07) is 4.64. The van der Waals surface area contributed by atoms with Crippen LogP contribution in [0.2, 0.25) is 0 Å². The number of ether oxygens (including phenoxy) is 1. The van der Waals surface area contributed by atoms with Crippen LogP contribution in [0.25, 0.3) is 0 Å². The lowest BCUT2D eigenvalue weighted by Gasteiger charge is -2.35. The van der Waals surface area contributed by atoms with Crippen LogP contribution in [0.4, 0.5) is 4.79 Å². The molecule has 0 spiro atoms. The molecule has 0 radical (unpaired) electrons. The van der Waals surface area contributed by atoms with E-state index in [1.165, 1.54) is 4.90 Å². The van der Waals surface area contributed by atoms with E-state index in [1.807, 2.05) is 20.8 Å². The van der Waals surface area contributed by atoms with Gasteiger partial charge in [0.1, 0.15) is 17.7 Å². The Hall–Kier alpha value is -3.05. The van der Waals surface area contributed by atoms with Crippen LogP contribution in [-0.2, 0) is 14.3 Å². The van der Waals surface area contributed by atoms with E-state index in [4.69, 9.17) is 11.2 Å². The molecule has 0 aliphatic carbocycles. The number of rotatable bonds is 12. The summed E-state index contributed by atoms with van der Waals surface area (Å²) in [6.07, 6.45) is 9.39. The van der Waals surface area contributed by atoms with Gasteiger partial charge >= 0.3 is 6.09 Å². The Bertz CT molecular complexity index is 923. The second kappa shape index (κ2) is 14.6. The molecule has 8 heteroatoms. The van der Waals surface area contributed by atoms with Gasteiger partial charge in [0.15, 0.2) is 0 Å². The summed E-state index contributed by atoms with van der Waals surface area (Å²) in [5, 5.41) is 15.5. The molecule has 8 nitrogen and oxygen atoms in total. The zero-order chi connectivity index (χ0) is 28.2. The molecule has 0 aliphatic heterocycles. The molecule has 37 heavy (non-hydrogen) atoms. The van der Waals surface area contributed by atoms with Crippen molar-refractivity contribution in [3.05, 3.63) is 35.4 Å². The van der Waals surface area contributed by atoms with Crippen molar-refractivity contribution in [3.63, 3.8) is 0 Å². The number of hydrogen-bond acceptors (Lipinski definition) is 5. The molecule has 0 saturated carbocycles. The predicted molar refractivity (Wildman–Crippen MR) is 146 cm³/mol. The van der Waals surface area contributed by atoms with Gasteiger partial charge in [0, 0.05) is 17.6 Å². The minimum atomic E-state index is -1.28. The molecule has 0 bridgehead atoms. The summed E-state index contributed by atoms with van der Waals surface area (Å²) in [5.41, 5.74) is -0.0951. The fourth-order valence-corrected chi connectivity index (χ4v) is 3.76. The normalized spacial score (nSPS) is 13.2. The number of nitrogens with one attached hydrogen (secondary N) is 2. The number of aliphatic hydroxyl groups is 1. The third-order valence-corrected chi connectivity index (χ3v) is 5.41. The SMILES string of the molecule is C#Cc1ccc(C(C(=O)NC(C)(C)C)N(CCCCCCC)C(=O)C(CO)NC(=O)OC(C)(C)C)cc1. The van der Waals surface area contributed by atoms with Gasteiger partial charge in [-0.2, -0.15) is 0 Å². The van der Waals surface area contributed by atoms with E-state index in [0.29, 0.717) is 17.5 Å². The van der Waals surface area contributed by atoms with Crippen molar-refractivity contribution in [1.82, 2.24) is 15.5 Å². The highest BCUT2D eigenvalue weighted by molar-refractivity contribution is 5.92. The van der Waals surface area contributed by atoms with E-state index >= 15 is 0 Å². The number of unbranched alkanes of at least 4 members (excludes halogenated alkanes) is 4. The van der Waals surface area contributed by atoms with Crippen LogP contribution in [-0.4, -0.2) is 58.2 Å². The maximum Gasteiger partial charge on any atom is 0.408 e. The monoisotopic (exact) mass is 515 g/mol. The van der Waals surface area contributed by atoms with Crippen molar-refractivity contribution in [2.75, 3.05) is 13.2 Å². The largest absolute Gasteiger partial charge is 0.444 e. The highest BCUT2D eigenvalue weighted by Crippen LogP contribution is 2.25. The summed E-state index contributed by atoms with van der Waals surface area (Å²) in [7, 11) is 0. The minimum Gasteiger partial charge on any atom is -0.444 e. The molecule has 0 aromatic heterocycles. The molecule has 2 atom stereocenters. The highest BCUT2D eigenvalue weighted by atomic mass is 16.6.